The lowest BCUT2D eigenvalue weighted by atomic mass is 10.0. The van der Waals surface area contributed by atoms with Crippen molar-refractivity contribution in [3.05, 3.63) is 33.4 Å². The quantitative estimate of drug-likeness (QED) is 0.770. The molecule has 1 aromatic rings. The summed E-state index contributed by atoms with van der Waals surface area (Å²) in [6.07, 6.45) is 2.47. The van der Waals surface area contributed by atoms with Crippen molar-refractivity contribution in [1.82, 2.24) is 9.62 Å². The van der Waals surface area contributed by atoms with Crippen LogP contribution in [-0.4, -0.2) is 44.6 Å². The number of benzene rings is 1. The average molecular weight is 408 g/mol. The highest BCUT2D eigenvalue weighted by molar-refractivity contribution is 14.1. The number of carbonyl (C=O) groups excluding carboxylic acids is 1. The fourth-order valence-electron chi connectivity index (χ4n) is 2.31. The van der Waals surface area contributed by atoms with E-state index < -0.39 is 10.0 Å². The van der Waals surface area contributed by atoms with Crippen LogP contribution in [0.5, 0.6) is 0 Å². The first kappa shape index (κ1) is 15.7. The molecule has 0 aliphatic carbocycles. The van der Waals surface area contributed by atoms with E-state index in [9.17, 15) is 13.2 Å². The molecular weight excluding hydrogens is 391 g/mol. The first-order valence-corrected chi connectivity index (χ1v) is 9.34. The van der Waals surface area contributed by atoms with Gasteiger partial charge in [0.2, 0.25) is 10.0 Å². The molecule has 0 radical (unpaired) electrons. The van der Waals surface area contributed by atoms with Gasteiger partial charge in [-0.05, 0) is 53.6 Å². The SMILES string of the molecule is CS(=O)(=O)NC1CCN(C(=O)c2cccc(I)c2)CC1. The summed E-state index contributed by atoms with van der Waals surface area (Å²) in [5.41, 5.74) is 0.687. The zero-order valence-electron chi connectivity index (χ0n) is 11.2. The van der Waals surface area contributed by atoms with Crippen LogP contribution in [0.1, 0.15) is 23.2 Å². The highest BCUT2D eigenvalue weighted by atomic mass is 127. The molecule has 2 rings (SSSR count). The van der Waals surface area contributed by atoms with Gasteiger partial charge < -0.3 is 4.90 Å². The summed E-state index contributed by atoms with van der Waals surface area (Å²) >= 11 is 2.18. The molecule has 20 heavy (non-hydrogen) atoms. The third-order valence-corrected chi connectivity index (χ3v) is 4.67. The molecule has 0 bridgehead atoms. The van der Waals surface area contributed by atoms with Gasteiger partial charge in [-0.3, -0.25) is 4.79 Å². The summed E-state index contributed by atoms with van der Waals surface area (Å²) < 4.78 is 26.0. The lowest BCUT2D eigenvalue weighted by molar-refractivity contribution is 0.0711. The highest BCUT2D eigenvalue weighted by Gasteiger charge is 2.25. The third kappa shape index (κ3) is 4.42. The van der Waals surface area contributed by atoms with Gasteiger partial charge in [-0.1, -0.05) is 6.07 Å². The molecule has 1 aliphatic heterocycles. The summed E-state index contributed by atoms with van der Waals surface area (Å²) in [7, 11) is -3.17. The van der Waals surface area contributed by atoms with Crippen LogP contribution in [0.3, 0.4) is 0 Å². The van der Waals surface area contributed by atoms with E-state index in [1.54, 1.807) is 4.90 Å². The molecule has 1 saturated heterocycles. The molecule has 1 amide bonds. The predicted octanol–water partition coefficient (Wildman–Crippen LogP) is 1.45. The molecule has 0 spiro atoms. The number of sulfonamides is 1. The van der Waals surface area contributed by atoms with Crippen LogP contribution in [0, 0.1) is 3.57 Å². The summed E-state index contributed by atoms with van der Waals surface area (Å²) in [5.74, 6) is 0.0151. The molecule has 110 valence electrons. The number of likely N-dealkylation sites (tertiary alicyclic amines) is 1. The molecule has 0 saturated carbocycles. The maximum atomic E-state index is 12.3. The van der Waals surface area contributed by atoms with E-state index in [1.165, 1.54) is 0 Å². The lowest BCUT2D eigenvalue weighted by Crippen LogP contribution is -2.46. The summed E-state index contributed by atoms with van der Waals surface area (Å²) in [5, 5.41) is 0. The maximum absolute atomic E-state index is 12.3. The van der Waals surface area contributed by atoms with Crippen LogP contribution >= 0.6 is 22.6 Å². The number of hydrogen-bond donors (Lipinski definition) is 1. The number of amides is 1. The molecule has 1 aliphatic rings. The fourth-order valence-corrected chi connectivity index (χ4v) is 3.69. The molecule has 0 unspecified atom stereocenters. The number of nitrogens with one attached hydrogen (secondary N) is 1. The van der Waals surface area contributed by atoms with E-state index in [0.717, 1.165) is 9.83 Å². The smallest absolute Gasteiger partial charge is 0.253 e. The summed E-state index contributed by atoms with van der Waals surface area (Å²) in [6.45, 7) is 1.16. The van der Waals surface area contributed by atoms with E-state index in [1.807, 2.05) is 24.3 Å². The Morgan fingerprint density at radius 3 is 2.55 bits per heavy atom. The van der Waals surface area contributed by atoms with E-state index >= 15 is 0 Å². The zero-order chi connectivity index (χ0) is 14.8. The minimum Gasteiger partial charge on any atom is -0.339 e. The Hall–Kier alpha value is -0.670. The number of halogens is 1. The molecular formula is C13H17IN2O3S. The van der Waals surface area contributed by atoms with Gasteiger partial charge in [0.25, 0.3) is 5.91 Å². The third-order valence-electron chi connectivity index (χ3n) is 3.23. The van der Waals surface area contributed by atoms with Crippen LogP contribution in [0.15, 0.2) is 24.3 Å². The van der Waals surface area contributed by atoms with E-state index in [2.05, 4.69) is 27.3 Å². The predicted molar refractivity (Wildman–Crippen MR) is 86.1 cm³/mol. The van der Waals surface area contributed by atoms with Gasteiger partial charge in [-0.2, -0.15) is 0 Å². The molecule has 0 atom stereocenters. The van der Waals surface area contributed by atoms with Crippen molar-refractivity contribution in [2.24, 2.45) is 0 Å². The minimum atomic E-state index is -3.17. The van der Waals surface area contributed by atoms with Crippen LogP contribution in [0.2, 0.25) is 0 Å². The van der Waals surface area contributed by atoms with Gasteiger partial charge in [-0.25, -0.2) is 13.1 Å². The number of hydrogen-bond acceptors (Lipinski definition) is 3. The van der Waals surface area contributed by atoms with Gasteiger partial charge in [-0.15, -0.1) is 0 Å². The second-order valence-corrected chi connectivity index (χ2v) is 7.99. The Balaban J connectivity index is 1.95. The Morgan fingerprint density at radius 1 is 1.35 bits per heavy atom. The second-order valence-electron chi connectivity index (χ2n) is 4.97. The highest BCUT2D eigenvalue weighted by Crippen LogP contribution is 2.16. The Kier molecular flexibility index (Phi) is 5.03. The molecule has 5 nitrogen and oxygen atoms in total. The summed E-state index contributed by atoms with van der Waals surface area (Å²) in [4.78, 5) is 14.1. The van der Waals surface area contributed by atoms with Crippen molar-refractivity contribution in [3.8, 4) is 0 Å². The van der Waals surface area contributed by atoms with Crippen molar-refractivity contribution in [2.45, 2.75) is 18.9 Å². The van der Waals surface area contributed by atoms with Crippen molar-refractivity contribution in [2.75, 3.05) is 19.3 Å². The molecule has 1 heterocycles. The Bertz CT molecular complexity index is 595. The second kappa shape index (κ2) is 6.40. The molecule has 0 aromatic heterocycles. The monoisotopic (exact) mass is 408 g/mol. The van der Waals surface area contributed by atoms with Crippen LogP contribution in [-0.2, 0) is 10.0 Å². The maximum Gasteiger partial charge on any atom is 0.253 e. The zero-order valence-corrected chi connectivity index (χ0v) is 14.1. The van der Waals surface area contributed by atoms with Gasteiger partial charge >= 0.3 is 0 Å². The Morgan fingerprint density at radius 2 is 2.00 bits per heavy atom. The first-order chi connectivity index (χ1) is 9.35. The van der Waals surface area contributed by atoms with Gasteiger partial charge in [0.1, 0.15) is 0 Å². The summed E-state index contributed by atoms with van der Waals surface area (Å²) in [6, 6.07) is 7.42. The number of rotatable bonds is 3. The van der Waals surface area contributed by atoms with E-state index in [4.69, 9.17) is 0 Å². The van der Waals surface area contributed by atoms with Crippen molar-refractivity contribution < 1.29 is 13.2 Å². The minimum absolute atomic E-state index is 0.0151. The fraction of sp³-hybridized carbons (Fsp3) is 0.462. The molecule has 1 N–H and O–H groups in total. The van der Waals surface area contributed by atoms with Crippen molar-refractivity contribution in [1.29, 1.82) is 0 Å². The van der Waals surface area contributed by atoms with Crippen molar-refractivity contribution in [3.63, 3.8) is 0 Å². The van der Waals surface area contributed by atoms with E-state index in [-0.39, 0.29) is 11.9 Å². The van der Waals surface area contributed by atoms with Crippen molar-refractivity contribution >= 4 is 38.5 Å². The normalized spacial score (nSPS) is 17.2. The largest absolute Gasteiger partial charge is 0.339 e. The first-order valence-electron chi connectivity index (χ1n) is 6.37. The van der Waals surface area contributed by atoms with Gasteiger partial charge in [0, 0.05) is 28.3 Å². The Labute approximate surface area is 132 Å². The number of piperidine rings is 1. The van der Waals surface area contributed by atoms with E-state index in [0.29, 0.717) is 31.5 Å². The topological polar surface area (TPSA) is 66.5 Å². The van der Waals surface area contributed by atoms with Gasteiger partial charge in [0.15, 0.2) is 0 Å². The van der Waals surface area contributed by atoms with Crippen LogP contribution < -0.4 is 4.72 Å². The average Bonchev–Trinajstić information content (AvgIpc) is 2.37. The molecule has 1 fully saturated rings. The molecule has 1 aromatic carbocycles. The number of nitrogens with zero attached hydrogens (tertiary/aromatic N) is 1. The van der Waals surface area contributed by atoms with Gasteiger partial charge in [0.05, 0.1) is 6.26 Å². The number of carbonyl (C=O) groups is 1. The standard InChI is InChI=1S/C13H17IN2O3S/c1-20(18,19)15-12-5-7-16(8-6-12)13(17)10-3-2-4-11(14)9-10/h2-4,9,12,15H,5-8H2,1H3. The van der Waals surface area contributed by atoms with Crippen LogP contribution in [0.4, 0.5) is 0 Å². The van der Waals surface area contributed by atoms with Crippen LogP contribution in [0.25, 0.3) is 0 Å². The molecule has 7 heteroatoms. The lowest BCUT2D eigenvalue weighted by Gasteiger charge is -2.32.